The molecule has 0 aliphatic rings. The summed E-state index contributed by atoms with van der Waals surface area (Å²) in [6.45, 7) is 4.63. The summed E-state index contributed by atoms with van der Waals surface area (Å²) in [5.74, 6) is 0.0803. The molecular weight excluding hydrogens is 388 g/mol. The zero-order valence-electron chi connectivity index (χ0n) is 16.8. The molecule has 6 nitrogen and oxygen atoms in total. The van der Waals surface area contributed by atoms with E-state index in [1.807, 2.05) is 10.6 Å². The molecule has 0 aliphatic carbocycles. The Morgan fingerprint density at radius 2 is 1.86 bits per heavy atom. The molecule has 0 bridgehead atoms. The van der Waals surface area contributed by atoms with Gasteiger partial charge in [-0.3, -0.25) is 9.59 Å². The molecule has 2 aromatic carbocycles. The van der Waals surface area contributed by atoms with Gasteiger partial charge in [0.1, 0.15) is 5.75 Å². The topological polar surface area (TPSA) is 69.9 Å². The molecule has 0 saturated heterocycles. The van der Waals surface area contributed by atoms with Crippen LogP contribution >= 0.6 is 11.3 Å². The Bertz CT molecular complexity index is 1080. The van der Waals surface area contributed by atoms with E-state index < -0.39 is 0 Å². The monoisotopic (exact) mass is 412 g/mol. The number of hydrogen-bond donors (Lipinski definition) is 0. The van der Waals surface area contributed by atoms with Gasteiger partial charge in [-0.05, 0) is 55.3 Å². The maximum Gasteiger partial charge on any atom is 0.307 e. The molecule has 0 unspecified atom stereocenters. The van der Waals surface area contributed by atoms with Gasteiger partial charge in [-0.2, -0.15) is 4.99 Å². The minimum atomic E-state index is -0.334. The molecule has 0 atom stereocenters. The van der Waals surface area contributed by atoms with Crippen LogP contribution in [0.25, 0.3) is 10.2 Å². The fraction of sp³-hybridized carbons (Fsp3) is 0.318. The predicted molar refractivity (Wildman–Crippen MR) is 113 cm³/mol. The van der Waals surface area contributed by atoms with E-state index in [1.165, 1.54) is 16.9 Å². The van der Waals surface area contributed by atoms with Gasteiger partial charge in [-0.15, -0.1) is 0 Å². The lowest BCUT2D eigenvalue weighted by atomic mass is 10.2. The van der Waals surface area contributed by atoms with Crippen molar-refractivity contribution in [1.82, 2.24) is 4.57 Å². The fourth-order valence-electron chi connectivity index (χ4n) is 2.96. The highest BCUT2D eigenvalue weighted by atomic mass is 32.1. The van der Waals surface area contributed by atoms with E-state index >= 15 is 0 Å². The van der Waals surface area contributed by atoms with Crippen LogP contribution in [0, 0.1) is 0 Å². The Hall–Kier alpha value is -2.93. The lowest BCUT2D eigenvalue weighted by molar-refractivity contribution is -0.143. The Labute approximate surface area is 173 Å². The molecule has 152 valence electrons. The largest absolute Gasteiger partial charge is 0.497 e. The number of benzene rings is 2. The predicted octanol–water partition coefficient (Wildman–Crippen LogP) is 3.97. The minimum Gasteiger partial charge on any atom is -0.497 e. The average Bonchev–Trinajstić information content (AvgIpc) is 3.08. The number of methoxy groups -OCH3 is 1. The summed E-state index contributed by atoms with van der Waals surface area (Å²) in [6.07, 6.45) is 1.15. The molecule has 0 spiro atoms. The van der Waals surface area contributed by atoms with Crippen molar-refractivity contribution in [3.05, 3.63) is 58.4 Å². The normalized spacial score (nSPS) is 11.6. The number of rotatable bonds is 7. The fourth-order valence-corrected chi connectivity index (χ4v) is 4.08. The Morgan fingerprint density at radius 1 is 1.10 bits per heavy atom. The van der Waals surface area contributed by atoms with E-state index in [0.717, 1.165) is 16.6 Å². The van der Waals surface area contributed by atoms with Gasteiger partial charge >= 0.3 is 5.97 Å². The van der Waals surface area contributed by atoms with Crippen LogP contribution in [0.1, 0.15) is 36.2 Å². The highest BCUT2D eigenvalue weighted by Crippen LogP contribution is 2.20. The number of aryl methyl sites for hydroxylation is 2. The third-order valence-electron chi connectivity index (χ3n) is 4.53. The van der Waals surface area contributed by atoms with Crippen LogP contribution in [0.3, 0.4) is 0 Å². The molecule has 3 aromatic rings. The van der Waals surface area contributed by atoms with Crippen LogP contribution < -0.4 is 9.54 Å². The first-order valence-corrected chi connectivity index (χ1v) is 10.4. The molecule has 3 rings (SSSR count). The maximum absolute atomic E-state index is 12.7. The smallest absolute Gasteiger partial charge is 0.307 e. The summed E-state index contributed by atoms with van der Waals surface area (Å²) in [6, 6.07) is 13.0. The molecule has 29 heavy (non-hydrogen) atoms. The van der Waals surface area contributed by atoms with Crippen LogP contribution in [0.4, 0.5) is 0 Å². The number of hydrogen-bond acceptors (Lipinski definition) is 5. The molecule has 0 fully saturated rings. The number of esters is 1. The summed E-state index contributed by atoms with van der Waals surface area (Å²) in [7, 11) is 1.58. The number of fused-ring (bicyclic) bond motifs is 1. The van der Waals surface area contributed by atoms with E-state index in [-0.39, 0.29) is 18.3 Å². The first-order valence-electron chi connectivity index (χ1n) is 9.56. The molecular formula is C22H24N2O4S. The van der Waals surface area contributed by atoms with E-state index in [4.69, 9.17) is 9.47 Å². The summed E-state index contributed by atoms with van der Waals surface area (Å²) in [5, 5.41) is 0. The number of thiazole rings is 1. The summed E-state index contributed by atoms with van der Waals surface area (Å²) in [5.41, 5.74) is 2.65. The van der Waals surface area contributed by atoms with Crippen molar-refractivity contribution >= 4 is 33.4 Å². The average molecular weight is 413 g/mol. The van der Waals surface area contributed by atoms with Crippen molar-refractivity contribution in [2.24, 2.45) is 4.99 Å². The lowest BCUT2D eigenvalue weighted by Crippen LogP contribution is -2.19. The van der Waals surface area contributed by atoms with Crippen LogP contribution in [0.5, 0.6) is 5.75 Å². The van der Waals surface area contributed by atoms with Crippen LogP contribution in [-0.2, 0) is 22.5 Å². The van der Waals surface area contributed by atoms with E-state index in [1.54, 1.807) is 38.3 Å². The van der Waals surface area contributed by atoms with Gasteiger partial charge in [-0.1, -0.05) is 24.3 Å². The van der Waals surface area contributed by atoms with Crippen molar-refractivity contribution in [3.8, 4) is 5.75 Å². The second-order valence-electron chi connectivity index (χ2n) is 6.39. The van der Waals surface area contributed by atoms with E-state index in [9.17, 15) is 9.59 Å². The van der Waals surface area contributed by atoms with Crippen LogP contribution in [0.2, 0.25) is 0 Å². The van der Waals surface area contributed by atoms with Gasteiger partial charge in [-0.25, -0.2) is 0 Å². The molecule has 0 saturated carbocycles. The van der Waals surface area contributed by atoms with E-state index in [0.29, 0.717) is 29.3 Å². The number of ether oxygens (including phenoxy) is 2. The second-order valence-corrected chi connectivity index (χ2v) is 7.40. The summed E-state index contributed by atoms with van der Waals surface area (Å²) >= 11 is 1.45. The molecule has 1 aromatic heterocycles. The number of nitrogens with zero attached hydrogens (tertiary/aromatic N) is 2. The SMILES string of the molecule is CCOC(=O)CCn1c(=NC(=O)c2ccc(OC)cc2)sc2cc(CC)ccc21. The second kappa shape index (κ2) is 9.52. The Morgan fingerprint density at radius 3 is 2.52 bits per heavy atom. The van der Waals surface area contributed by atoms with Gasteiger partial charge in [0.15, 0.2) is 4.80 Å². The molecule has 0 radical (unpaired) electrons. The lowest BCUT2D eigenvalue weighted by Gasteiger charge is -2.06. The molecule has 7 heteroatoms. The third-order valence-corrected chi connectivity index (χ3v) is 5.58. The Kier molecular flexibility index (Phi) is 6.82. The number of carbonyl (C=O) groups excluding carboxylic acids is 2. The number of aromatic nitrogens is 1. The molecule has 0 N–H and O–H groups in total. The van der Waals surface area contributed by atoms with Crippen molar-refractivity contribution in [1.29, 1.82) is 0 Å². The van der Waals surface area contributed by atoms with Crippen molar-refractivity contribution in [3.63, 3.8) is 0 Å². The highest BCUT2D eigenvalue weighted by Gasteiger charge is 2.12. The highest BCUT2D eigenvalue weighted by molar-refractivity contribution is 7.16. The number of amides is 1. The third kappa shape index (κ3) is 4.92. The van der Waals surface area contributed by atoms with Crippen molar-refractivity contribution in [2.75, 3.05) is 13.7 Å². The van der Waals surface area contributed by atoms with Crippen molar-refractivity contribution in [2.45, 2.75) is 33.2 Å². The molecule has 0 aliphatic heterocycles. The zero-order chi connectivity index (χ0) is 20.8. The van der Waals surface area contributed by atoms with Crippen molar-refractivity contribution < 1.29 is 19.1 Å². The Balaban J connectivity index is 2.01. The summed E-state index contributed by atoms with van der Waals surface area (Å²) in [4.78, 5) is 29.5. The van der Waals surface area contributed by atoms with Gasteiger partial charge in [0.2, 0.25) is 0 Å². The zero-order valence-corrected chi connectivity index (χ0v) is 17.6. The molecule has 1 heterocycles. The quantitative estimate of drug-likeness (QED) is 0.551. The van der Waals surface area contributed by atoms with Crippen LogP contribution in [-0.4, -0.2) is 30.2 Å². The maximum atomic E-state index is 12.7. The summed E-state index contributed by atoms with van der Waals surface area (Å²) < 4.78 is 13.1. The van der Waals surface area contributed by atoms with Gasteiger partial charge in [0.05, 0.1) is 30.4 Å². The van der Waals surface area contributed by atoms with Gasteiger partial charge in [0.25, 0.3) is 5.91 Å². The first kappa shape index (κ1) is 20.8. The van der Waals surface area contributed by atoms with E-state index in [2.05, 4.69) is 24.0 Å². The first-order chi connectivity index (χ1) is 14.0. The van der Waals surface area contributed by atoms with Gasteiger partial charge in [0, 0.05) is 12.1 Å². The standard InChI is InChI=1S/C22H24N2O4S/c1-4-15-6-11-18-19(14-15)29-22(24(18)13-12-20(25)28-5-2)23-21(26)16-7-9-17(27-3)10-8-16/h6-11,14H,4-5,12-13H2,1-3H3. The van der Waals surface area contributed by atoms with Crippen LogP contribution in [0.15, 0.2) is 47.5 Å². The minimum absolute atomic E-state index is 0.221. The number of carbonyl (C=O) groups is 2. The molecule has 1 amide bonds. The van der Waals surface area contributed by atoms with Gasteiger partial charge < -0.3 is 14.0 Å².